The molecule has 3 aromatic rings. The Bertz CT molecular complexity index is 1190. The van der Waals surface area contributed by atoms with E-state index in [9.17, 15) is 9.90 Å². The van der Waals surface area contributed by atoms with Crippen LogP contribution in [0, 0.1) is 11.8 Å². The van der Waals surface area contributed by atoms with Crippen LogP contribution in [-0.4, -0.2) is 20.9 Å². The lowest BCUT2D eigenvalue weighted by molar-refractivity contribution is -0.114. The van der Waals surface area contributed by atoms with Crippen LogP contribution in [0.3, 0.4) is 0 Å². The molecule has 1 fully saturated rings. The number of hydrogen-bond donors (Lipinski definition) is 1. The van der Waals surface area contributed by atoms with Gasteiger partial charge in [-0.05, 0) is 79.3 Å². The largest absolute Gasteiger partial charge is 0.512 e. The highest BCUT2D eigenvalue weighted by Gasteiger charge is 2.31. The second-order valence-electron chi connectivity index (χ2n) is 9.01. The summed E-state index contributed by atoms with van der Waals surface area (Å²) in [5.41, 5.74) is 3.86. The lowest BCUT2D eigenvalue weighted by Gasteiger charge is -2.26. The summed E-state index contributed by atoms with van der Waals surface area (Å²) in [5, 5.41) is 11.1. The molecule has 3 aliphatic carbocycles. The number of aryl methyl sites for hydroxylation is 1. The van der Waals surface area contributed by atoms with Crippen LogP contribution in [0.1, 0.15) is 56.6 Å². The van der Waals surface area contributed by atoms with Crippen molar-refractivity contribution in [2.45, 2.75) is 51.9 Å². The lowest BCUT2D eigenvalue weighted by Crippen LogP contribution is -2.15. The minimum absolute atomic E-state index is 0.0485. The maximum Gasteiger partial charge on any atom is 0.238 e. The number of aliphatic hydroxyl groups is 1. The van der Waals surface area contributed by atoms with Crippen LogP contribution in [0.2, 0.25) is 0 Å². The summed E-state index contributed by atoms with van der Waals surface area (Å²) in [6.07, 6.45) is 7.83. The number of hydrogen-bond acceptors (Lipinski definition) is 5. The van der Waals surface area contributed by atoms with Crippen LogP contribution in [0.15, 0.2) is 54.4 Å². The van der Waals surface area contributed by atoms with Crippen LogP contribution < -0.4 is 4.74 Å². The van der Waals surface area contributed by atoms with Crippen LogP contribution in [0.5, 0.6) is 11.6 Å². The molecule has 1 aromatic heterocycles. The summed E-state index contributed by atoms with van der Waals surface area (Å²) in [4.78, 5) is 22.3. The highest BCUT2D eigenvalue weighted by Crippen LogP contribution is 2.40. The van der Waals surface area contributed by atoms with E-state index in [2.05, 4.69) is 16.9 Å². The predicted molar refractivity (Wildman–Crippen MR) is 125 cm³/mol. The number of fused-ring (bicyclic) bond motifs is 6. The van der Waals surface area contributed by atoms with E-state index in [1.807, 2.05) is 42.5 Å². The Morgan fingerprint density at radius 2 is 1.72 bits per heavy atom. The Labute approximate surface area is 188 Å². The monoisotopic (exact) mass is 428 g/mol. The molecule has 0 spiro atoms. The number of rotatable bonds is 4. The van der Waals surface area contributed by atoms with Crippen molar-refractivity contribution < 1.29 is 14.6 Å². The Balaban J connectivity index is 1.52. The second kappa shape index (κ2) is 8.73. The van der Waals surface area contributed by atoms with Gasteiger partial charge in [0.1, 0.15) is 11.5 Å². The summed E-state index contributed by atoms with van der Waals surface area (Å²) >= 11 is 0. The van der Waals surface area contributed by atoms with Crippen molar-refractivity contribution in [3.8, 4) is 11.6 Å². The van der Waals surface area contributed by atoms with E-state index < -0.39 is 0 Å². The number of aliphatic hydroxyl groups excluding tert-OH is 1. The van der Waals surface area contributed by atoms with Crippen LogP contribution in [0.25, 0.3) is 16.6 Å². The van der Waals surface area contributed by atoms with E-state index in [1.54, 1.807) is 6.20 Å². The second-order valence-corrected chi connectivity index (χ2v) is 9.01. The topological polar surface area (TPSA) is 72.3 Å². The number of nitrogens with zero attached hydrogens (tertiary/aromatic N) is 2. The summed E-state index contributed by atoms with van der Waals surface area (Å²) in [6.45, 7) is 2.06. The maximum atomic E-state index is 13.3. The van der Waals surface area contributed by atoms with Gasteiger partial charge < -0.3 is 9.84 Å². The van der Waals surface area contributed by atoms with Crippen molar-refractivity contribution >= 4 is 22.4 Å². The number of ether oxygens (including phenoxy) is 1. The molecule has 6 rings (SSSR count). The smallest absolute Gasteiger partial charge is 0.238 e. The normalized spacial score (nSPS) is 23.6. The third kappa shape index (κ3) is 4.12. The standard InChI is InChI=1S/C27H28N2O3/c1-2-19-11-12-20(32-26-16-28-22-5-3-4-6-23(22)29-26)15-21(19)27-24(30)13-17-7-8-18(10-9-17)14-25(27)31/h3-6,11-12,15-18,30H,2,7-10,13-14H2,1H3/b27-24+/t17-,18+. The van der Waals surface area contributed by atoms with Gasteiger partial charge in [0, 0.05) is 12.8 Å². The fraction of sp³-hybridized carbons (Fsp3) is 0.370. The molecule has 0 amide bonds. The van der Waals surface area contributed by atoms with Crippen molar-refractivity contribution in [1.82, 2.24) is 9.97 Å². The summed E-state index contributed by atoms with van der Waals surface area (Å²) in [6, 6.07) is 13.4. The number of allylic oxidation sites excluding steroid dienone is 2. The maximum absolute atomic E-state index is 13.3. The molecular formula is C27H28N2O3. The quantitative estimate of drug-likeness (QED) is 0.519. The van der Waals surface area contributed by atoms with Crippen molar-refractivity contribution in [2.24, 2.45) is 11.8 Å². The number of benzene rings is 2. The van der Waals surface area contributed by atoms with Crippen molar-refractivity contribution in [1.29, 1.82) is 0 Å². The first-order valence-corrected chi connectivity index (χ1v) is 11.6. The summed E-state index contributed by atoms with van der Waals surface area (Å²) < 4.78 is 6.03. The molecule has 5 heteroatoms. The first kappa shape index (κ1) is 20.7. The SMILES string of the molecule is CCc1ccc(Oc2cnc3ccccc3n2)cc1/C1=C(\O)C[C@H]2CC[C@H](CC2)CC1=O. The third-order valence-corrected chi connectivity index (χ3v) is 6.87. The highest BCUT2D eigenvalue weighted by molar-refractivity contribution is 6.21. The number of Topliss-reactive ketones (excluding diaryl/α,β-unsaturated/α-hetero) is 1. The van der Waals surface area contributed by atoms with E-state index in [4.69, 9.17) is 4.74 Å². The van der Waals surface area contributed by atoms with E-state index in [0.717, 1.165) is 54.3 Å². The van der Waals surface area contributed by atoms with Crippen LogP contribution in [0.4, 0.5) is 0 Å². The molecule has 0 aliphatic heterocycles. The van der Waals surface area contributed by atoms with Crippen LogP contribution >= 0.6 is 0 Å². The molecule has 2 aromatic carbocycles. The Morgan fingerprint density at radius 1 is 1.00 bits per heavy atom. The molecule has 0 radical (unpaired) electrons. The van der Waals surface area contributed by atoms with Gasteiger partial charge in [0.15, 0.2) is 5.78 Å². The molecule has 32 heavy (non-hydrogen) atoms. The van der Waals surface area contributed by atoms with Gasteiger partial charge >= 0.3 is 0 Å². The molecule has 1 heterocycles. The lowest BCUT2D eigenvalue weighted by atomic mass is 9.79. The number of ketones is 1. The summed E-state index contributed by atoms with van der Waals surface area (Å²) in [7, 11) is 0. The minimum atomic E-state index is 0.0485. The van der Waals surface area contributed by atoms with Gasteiger partial charge in [0.25, 0.3) is 0 Å². The molecule has 0 atom stereocenters. The Kier molecular flexibility index (Phi) is 5.64. The van der Waals surface area contributed by atoms with Gasteiger partial charge in [0.2, 0.25) is 5.88 Å². The molecule has 1 saturated carbocycles. The Hall–Kier alpha value is -3.21. The van der Waals surface area contributed by atoms with Crippen molar-refractivity contribution in [2.75, 3.05) is 0 Å². The molecule has 5 nitrogen and oxygen atoms in total. The third-order valence-electron chi connectivity index (χ3n) is 6.87. The van der Waals surface area contributed by atoms with E-state index in [-0.39, 0.29) is 11.5 Å². The molecule has 164 valence electrons. The number of para-hydroxylation sites is 2. The van der Waals surface area contributed by atoms with E-state index in [1.165, 1.54) is 0 Å². The fourth-order valence-corrected chi connectivity index (χ4v) is 5.12. The average molecular weight is 429 g/mol. The van der Waals surface area contributed by atoms with Gasteiger partial charge in [-0.3, -0.25) is 4.79 Å². The molecule has 1 N–H and O–H groups in total. The molecular weight excluding hydrogens is 400 g/mol. The summed E-state index contributed by atoms with van der Waals surface area (Å²) in [5.74, 6) is 2.16. The van der Waals surface area contributed by atoms with E-state index in [0.29, 0.717) is 41.9 Å². The molecule has 2 bridgehead atoms. The number of aromatic nitrogens is 2. The Morgan fingerprint density at radius 3 is 2.47 bits per heavy atom. The van der Waals surface area contributed by atoms with Gasteiger partial charge in [-0.25, -0.2) is 9.97 Å². The van der Waals surface area contributed by atoms with Gasteiger partial charge in [-0.15, -0.1) is 0 Å². The highest BCUT2D eigenvalue weighted by atomic mass is 16.5. The molecule has 0 saturated heterocycles. The zero-order chi connectivity index (χ0) is 22.1. The van der Waals surface area contributed by atoms with E-state index >= 15 is 0 Å². The number of carbonyl (C=O) groups is 1. The number of carbonyl (C=O) groups excluding carboxylic acids is 1. The minimum Gasteiger partial charge on any atom is -0.512 e. The van der Waals surface area contributed by atoms with Crippen molar-refractivity contribution in [3.05, 3.63) is 65.5 Å². The first-order valence-electron chi connectivity index (χ1n) is 11.6. The van der Waals surface area contributed by atoms with Gasteiger partial charge in [-0.1, -0.05) is 25.1 Å². The van der Waals surface area contributed by atoms with Gasteiger partial charge in [0.05, 0.1) is 22.8 Å². The zero-order valence-corrected chi connectivity index (χ0v) is 18.4. The zero-order valence-electron chi connectivity index (χ0n) is 18.4. The first-order chi connectivity index (χ1) is 15.6. The predicted octanol–water partition coefficient (Wildman–Crippen LogP) is 6.42. The van der Waals surface area contributed by atoms with Crippen molar-refractivity contribution in [3.63, 3.8) is 0 Å². The molecule has 0 unspecified atom stereocenters. The molecule has 3 aliphatic rings. The average Bonchev–Trinajstić information content (AvgIpc) is 2.89. The van der Waals surface area contributed by atoms with Crippen LogP contribution in [-0.2, 0) is 11.2 Å². The fourth-order valence-electron chi connectivity index (χ4n) is 5.12. The van der Waals surface area contributed by atoms with Gasteiger partial charge in [-0.2, -0.15) is 0 Å².